The second kappa shape index (κ2) is 14.5. The van der Waals surface area contributed by atoms with Gasteiger partial charge in [0.15, 0.2) is 5.96 Å². The number of nitrogens with one attached hydrogen (secondary N) is 2. The number of ether oxygens (including phenoxy) is 1. The van der Waals surface area contributed by atoms with Gasteiger partial charge in [0.1, 0.15) is 5.82 Å². The number of guanidine groups is 1. The lowest BCUT2D eigenvalue weighted by Gasteiger charge is -2.32. The number of anilines is 1. The molecule has 1 amide bonds. The summed E-state index contributed by atoms with van der Waals surface area (Å²) in [5.74, 6) is 2.10. The van der Waals surface area contributed by atoms with Crippen LogP contribution in [-0.4, -0.2) is 73.7 Å². The molecule has 1 unspecified atom stereocenters. The van der Waals surface area contributed by atoms with Crippen molar-refractivity contribution in [3.63, 3.8) is 0 Å². The number of nitrogens with zero attached hydrogens (tertiary/aromatic N) is 4. The Morgan fingerprint density at radius 3 is 2.88 bits per heavy atom. The van der Waals surface area contributed by atoms with Crippen LogP contribution in [0.1, 0.15) is 51.5 Å². The zero-order valence-corrected chi connectivity index (χ0v) is 21.8. The Hall–Kier alpha value is -1.62. The number of hydrogen-bond donors (Lipinski definition) is 2. The highest BCUT2D eigenvalue weighted by atomic mass is 127. The van der Waals surface area contributed by atoms with E-state index in [0.29, 0.717) is 18.9 Å². The zero-order chi connectivity index (χ0) is 21.9. The molecule has 0 spiro atoms. The first kappa shape index (κ1) is 26.6. The van der Waals surface area contributed by atoms with Crippen molar-refractivity contribution >= 4 is 41.7 Å². The molecule has 1 atom stereocenters. The van der Waals surface area contributed by atoms with E-state index in [2.05, 4.69) is 46.5 Å². The van der Waals surface area contributed by atoms with Crippen LogP contribution in [0, 0.1) is 0 Å². The number of rotatable bonds is 8. The number of carbonyl (C=O) groups is 1. The third kappa shape index (κ3) is 8.73. The van der Waals surface area contributed by atoms with Gasteiger partial charge in [0.2, 0.25) is 5.91 Å². The van der Waals surface area contributed by atoms with E-state index in [-0.39, 0.29) is 30.1 Å². The molecular weight excluding hydrogens is 519 g/mol. The van der Waals surface area contributed by atoms with Crippen LogP contribution in [-0.2, 0) is 16.1 Å². The largest absolute Gasteiger partial charge is 0.375 e. The van der Waals surface area contributed by atoms with Crippen LogP contribution in [0.4, 0.5) is 5.82 Å². The van der Waals surface area contributed by atoms with Crippen molar-refractivity contribution in [2.75, 3.05) is 50.8 Å². The molecule has 2 fully saturated rings. The third-order valence-corrected chi connectivity index (χ3v) is 5.71. The van der Waals surface area contributed by atoms with Gasteiger partial charge in [-0.25, -0.2) is 9.98 Å². The number of halogens is 1. The van der Waals surface area contributed by atoms with E-state index < -0.39 is 0 Å². The van der Waals surface area contributed by atoms with Gasteiger partial charge in [-0.1, -0.05) is 12.5 Å². The van der Waals surface area contributed by atoms with Crippen LogP contribution in [0.5, 0.6) is 0 Å². The lowest BCUT2D eigenvalue weighted by atomic mass is 10.2. The highest BCUT2D eigenvalue weighted by Crippen LogP contribution is 2.16. The SMILES string of the molecule is CCNC(=NCc1ccc(N2CCOC(C)C2)nc1)NCCCN1CCCCCC1=O.I. The molecule has 8 nitrogen and oxygen atoms in total. The smallest absolute Gasteiger partial charge is 0.222 e. The number of morpholine rings is 1. The van der Waals surface area contributed by atoms with Gasteiger partial charge in [0, 0.05) is 51.9 Å². The van der Waals surface area contributed by atoms with Gasteiger partial charge in [-0.2, -0.15) is 0 Å². The summed E-state index contributed by atoms with van der Waals surface area (Å²) in [7, 11) is 0. The zero-order valence-electron chi connectivity index (χ0n) is 19.5. The number of carbonyl (C=O) groups excluding carboxylic acids is 1. The van der Waals surface area contributed by atoms with Gasteiger partial charge >= 0.3 is 0 Å². The molecule has 180 valence electrons. The number of likely N-dealkylation sites (tertiary alicyclic amines) is 1. The van der Waals surface area contributed by atoms with Gasteiger partial charge in [-0.05, 0) is 44.7 Å². The van der Waals surface area contributed by atoms with Crippen molar-refractivity contribution in [2.24, 2.45) is 4.99 Å². The second-order valence-electron chi connectivity index (χ2n) is 8.32. The summed E-state index contributed by atoms with van der Waals surface area (Å²) in [6, 6.07) is 4.17. The van der Waals surface area contributed by atoms with Crippen molar-refractivity contribution in [3.8, 4) is 0 Å². The molecule has 32 heavy (non-hydrogen) atoms. The fourth-order valence-electron chi connectivity index (χ4n) is 3.99. The van der Waals surface area contributed by atoms with Crippen LogP contribution in [0.25, 0.3) is 0 Å². The third-order valence-electron chi connectivity index (χ3n) is 5.71. The molecule has 2 aliphatic heterocycles. The molecule has 9 heteroatoms. The minimum atomic E-state index is 0. The molecule has 0 bridgehead atoms. The fourth-order valence-corrected chi connectivity index (χ4v) is 3.99. The Bertz CT molecular complexity index is 715. The first-order valence-corrected chi connectivity index (χ1v) is 11.8. The summed E-state index contributed by atoms with van der Waals surface area (Å²) in [6.07, 6.45) is 7.10. The van der Waals surface area contributed by atoms with Crippen molar-refractivity contribution in [1.82, 2.24) is 20.5 Å². The quantitative estimate of drug-likeness (QED) is 0.221. The Morgan fingerprint density at radius 1 is 1.25 bits per heavy atom. The van der Waals surface area contributed by atoms with Crippen LogP contribution < -0.4 is 15.5 Å². The summed E-state index contributed by atoms with van der Waals surface area (Å²) in [5.41, 5.74) is 1.08. The van der Waals surface area contributed by atoms with E-state index in [9.17, 15) is 4.79 Å². The molecule has 0 radical (unpaired) electrons. The molecule has 0 saturated carbocycles. The standard InChI is InChI=1S/C23H38N6O2.HI/c1-3-24-23(25-11-7-13-28-12-6-4-5-8-22(28)30)27-17-20-9-10-21(26-16-20)29-14-15-31-19(2)18-29;/h9-10,16,19H,3-8,11-15,17-18H2,1-2H3,(H2,24,25,27);1H. The topological polar surface area (TPSA) is 82.1 Å². The van der Waals surface area contributed by atoms with Crippen molar-refractivity contribution in [1.29, 1.82) is 0 Å². The molecule has 2 N–H and O–H groups in total. The second-order valence-corrected chi connectivity index (χ2v) is 8.32. The van der Waals surface area contributed by atoms with E-state index >= 15 is 0 Å². The van der Waals surface area contributed by atoms with Gasteiger partial charge in [-0.15, -0.1) is 24.0 Å². The van der Waals surface area contributed by atoms with E-state index in [1.807, 2.05) is 11.1 Å². The van der Waals surface area contributed by atoms with E-state index in [1.54, 1.807) is 0 Å². The Labute approximate surface area is 209 Å². The molecule has 3 heterocycles. The number of aromatic nitrogens is 1. The normalized spacial score (nSPS) is 19.9. The maximum atomic E-state index is 12.1. The molecule has 2 aliphatic rings. The lowest BCUT2D eigenvalue weighted by Crippen LogP contribution is -2.41. The summed E-state index contributed by atoms with van der Waals surface area (Å²) >= 11 is 0. The first-order chi connectivity index (χ1) is 15.2. The van der Waals surface area contributed by atoms with E-state index in [4.69, 9.17) is 9.73 Å². The molecule has 0 aromatic carbocycles. The van der Waals surface area contributed by atoms with Crippen molar-refractivity contribution < 1.29 is 9.53 Å². The maximum Gasteiger partial charge on any atom is 0.222 e. The fraction of sp³-hybridized carbons (Fsp3) is 0.696. The highest BCUT2D eigenvalue weighted by Gasteiger charge is 2.18. The summed E-state index contributed by atoms with van der Waals surface area (Å²) < 4.78 is 5.61. The maximum absolute atomic E-state index is 12.1. The average molecular weight is 559 g/mol. The molecule has 0 aliphatic carbocycles. The van der Waals surface area contributed by atoms with Crippen LogP contribution in [0.3, 0.4) is 0 Å². The van der Waals surface area contributed by atoms with E-state index in [1.165, 1.54) is 6.42 Å². The molecular formula is C23H39IN6O2. The Morgan fingerprint density at radius 2 is 2.12 bits per heavy atom. The van der Waals surface area contributed by atoms with Crippen LogP contribution in [0.2, 0.25) is 0 Å². The molecule has 3 rings (SSSR count). The van der Waals surface area contributed by atoms with Gasteiger partial charge in [0.05, 0.1) is 19.3 Å². The van der Waals surface area contributed by atoms with Crippen molar-refractivity contribution in [2.45, 2.75) is 58.6 Å². The number of amides is 1. The summed E-state index contributed by atoms with van der Waals surface area (Å²) in [5, 5.41) is 6.68. The van der Waals surface area contributed by atoms with Gasteiger partial charge in [-0.3, -0.25) is 4.79 Å². The van der Waals surface area contributed by atoms with Crippen LogP contribution in [0.15, 0.2) is 23.3 Å². The Balaban J connectivity index is 0.00000363. The van der Waals surface area contributed by atoms with Crippen LogP contribution >= 0.6 is 24.0 Å². The van der Waals surface area contributed by atoms with Crippen molar-refractivity contribution in [3.05, 3.63) is 23.9 Å². The minimum absolute atomic E-state index is 0. The number of aliphatic imine (C=N–C) groups is 1. The van der Waals surface area contributed by atoms with Gasteiger partial charge < -0.3 is 25.2 Å². The summed E-state index contributed by atoms with van der Waals surface area (Å²) in [4.78, 5) is 25.7. The van der Waals surface area contributed by atoms with E-state index in [0.717, 1.165) is 82.5 Å². The highest BCUT2D eigenvalue weighted by molar-refractivity contribution is 14.0. The monoisotopic (exact) mass is 558 g/mol. The lowest BCUT2D eigenvalue weighted by molar-refractivity contribution is -0.130. The number of hydrogen-bond acceptors (Lipinski definition) is 5. The predicted molar refractivity (Wildman–Crippen MR) is 140 cm³/mol. The van der Waals surface area contributed by atoms with Gasteiger partial charge in [0.25, 0.3) is 0 Å². The minimum Gasteiger partial charge on any atom is -0.375 e. The first-order valence-electron chi connectivity index (χ1n) is 11.8. The Kier molecular flexibility index (Phi) is 12.1. The number of pyridine rings is 1. The molecule has 1 aromatic heterocycles. The summed E-state index contributed by atoms with van der Waals surface area (Å²) in [6.45, 7) is 10.6. The average Bonchev–Trinajstić information content (AvgIpc) is 2.99. The molecule has 2 saturated heterocycles. The predicted octanol–water partition coefficient (Wildman–Crippen LogP) is 2.77. The molecule has 1 aromatic rings.